The first-order valence-corrected chi connectivity index (χ1v) is 8.90. The summed E-state index contributed by atoms with van der Waals surface area (Å²) in [5, 5.41) is 3.23. The quantitative estimate of drug-likeness (QED) is 0.510. The lowest BCUT2D eigenvalue weighted by atomic mass is 10.1. The Bertz CT molecular complexity index is 1060. The number of hydrogen-bond acceptors (Lipinski definition) is 8. The SMILES string of the molecule is COc1cc(CNc2ncc(-c3cnccn3)c(-c3ccco3)n2)cc(OC)c1. The number of aromatic nitrogens is 4. The van der Waals surface area contributed by atoms with E-state index in [1.54, 1.807) is 45.3 Å². The Kier molecular flexibility index (Phi) is 5.33. The maximum Gasteiger partial charge on any atom is 0.223 e. The Morgan fingerprint density at radius 1 is 1.00 bits per heavy atom. The lowest BCUT2D eigenvalue weighted by molar-refractivity contribution is 0.393. The molecule has 0 fully saturated rings. The van der Waals surface area contributed by atoms with E-state index in [2.05, 4.69) is 25.3 Å². The number of nitrogens with zero attached hydrogens (tertiary/aromatic N) is 4. The summed E-state index contributed by atoms with van der Waals surface area (Å²) < 4.78 is 16.2. The van der Waals surface area contributed by atoms with Gasteiger partial charge in [-0.25, -0.2) is 9.97 Å². The monoisotopic (exact) mass is 389 g/mol. The number of ether oxygens (including phenoxy) is 2. The molecule has 8 heteroatoms. The third-order valence-corrected chi connectivity index (χ3v) is 4.24. The van der Waals surface area contributed by atoms with Crippen LogP contribution in [0.15, 0.2) is 65.8 Å². The number of furan rings is 1. The second-order valence-corrected chi connectivity index (χ2v) is 6.10. The minimum Gasteiger partial charge on any atom is -0.497 e. The van der Waals surface area contributed by atoms with Gasteiger partial charge in [-0.2, -0.15) is 0 Å². The van der Waals surface area contributed by atoms with E-state index in [0.29, 0.717) is 29.6 Å². The number of benzene rings is 1. The zero-order valence-corrected chi connectivity index (χ0v) is 16.0. The molecule has 1 N–H and O–H groups in total. The topological polar surface area (TPSA) is 95.2 Å². The van der Waals surface area contributed by atoms with Gasteiger partial charge < -0.3 is 19.2 Å². The first-order chi connectivity index (χ1) is 14.3. The van der Waals surface area contributed by atoms with Crippen LogP contribution < -0.4 is 14.8 Å². The summed E-state index contributed by atoms with van der Waals surface area (Å²) in [7, 11) is 3.24. The number of anilines is 1. The van der Waals surface area contributed by atoms with Crippen molar-refractivity contribution in [2.24, 2.45) is 0 Å². The Morgan fingerprint density at radius 2 is 1.83 bits per heavy atom. The molecule has 1 aromatic carbocycles. The smallest absolute Gasteiger partial charge is 0.223 e. The molecule has 0 saturated heterocycles. The van der Waals surface area contributed by atoms with Crippen molar-refractivity contribution in [3.8, 4) is 34.2 Å². The van der Waals surface area contributed by atoms with Crippen LogP contribution in [-0.2, 0) is 6.54 Å². The molecular formula is C21H19N5O3. The summed E-state index contributed by atoms with van der Waals surface area (Å²) >= 11 is 0. The Morgan fingerprint density at radius 3 is 2.48 bits per heavy atom. The van der Waals surface area contributed by atoms with Crippen molar-refractivity contribution in [3.05, 3.63) is 66.9 Å². The Hall–Kier alpha value is -3.94. The van der Waals surface area contributed by atoms with Crippen LogP contribution in [0.2, 0.25) is 0 Å². The molecule has 0 amide bonds. The average molecular weight is 389 g/mol. The van der Waals surface area contributed by atoms with E-state index >= 15 is 0 Å². The zero-order valence-electron chi connectivity index (χ0n) is 16.0. The minimum absolute atomic E-state index is 0.464. The van der Waals surface area contributed by atoms with Gasteiger partial charge in [0.05, 0.1) is 32.4 Å². The van der Waals surface area contributed by atoms with Crippen molar-refractivity contribution in [2.75, 3.05) is 19.5 Å². The molecule has 0 unspecified atom stereocenters. The first kappa shape index (κ1) is 18.4. The Labute approximate surface area is 167 Å². The van der Waals surface area contributed by atoms with Gasteiger partial charge in [0.15, 0.2) is 5.76 Å². The molecule has 8 nitrogen and oxygen atoms in total. The number of rotatable bonds is 7. The fourth-order valence-corrected chi connectivity index (χ4v) is 2.84. The van der Waals surface area contributed by atoms with E-state index in [4.69, 9.17) is 13.9 Å². The van der Waals surface area contributed by atoms with Crippen molar-refractivity contribution in [1.29, 1.82) is 0 Å². The second kappa shape index (κ2) is 8.39. The molecule has 0 saturated carbocycles. The highest BCUT2D eigenvalue weighted by molar-refractivity contribution is 5.76. The van der Waals surface area contributed by atoms with E-state index in [-0.39, 0.29) is 0 Å². The lowest BCUT2D eigenvalue weighted by Gasteiger charge is -2.11. The van der Waals surface area contributed by atoms with E-state index in [1.807, 2.05) is 30.3 Å². The molecule has 3 aromatic heterocycles. The molecule has 29 heavy (non-hydrogen) atoms. The van der Waals surface area contributed by atoms with Crippen LogP contribution in [0, 0.1) is 0 Å². The fraction of sp³-hybridized carbons (Fsp3) is 0.143. The van der Waals surface area contributed by atoms with Gasteiger partial charge in [-0.15, -0.1) is 0 Å². The van der Waals surface area contributed by atoms with Gasteiger partial charge in [0.2, 0.25) is 5.95 Å². The van der Waals surface area contributed by atoms with Crippen molar-refractivity contribution in [3.63, 3.8) is 0 Å². The summed E-state index contributed by atoms with van der Waals surface area (Å²) in [6.45, 7) is 0.496. The fourth-order valence-electron chi connectivity index (χ4n) is 2.84. The molecule has 0 aliphatic carbocycles. The largest absolute Gasteiger partial charge is 0.497 e. The van der Waals surface area contributed by atoms with Crippen LogP contribution in [0.1, 0.15) is 5.56 Å². The van der Waals surface area contributed by atoms with Crippen LogP contribution in [0.25, 0.3) is 22.7 Å². The second-order valence-electron chi connectivity index (χ2n) is 6.10. The van der Waals surface area contributed by atoms with Crippen molar-refractivity contribution in [2.45, 2.75) is 6.54 Å². The maximum atomic E-state index is 5.56. The normalized spacial score (nSPS) is 10.6. The molecule has 0 aliphatic rings. The highest BCUT2D eigenvalue weighted by Gasteiger charge is 2.15. The third-order valence-electron chi connectivity index (χ3n) is 4.24. The average Bonchev–Trinajstić information content (AvgIpc) is 3.32. The van der Waals surface area contributed by atoms with E-state index in [1.165, 1.54) is 0 Å². The minimum atomic E-state index is 0.464. The van der Waals surface area contributed by atoms with Gasteiger partial charge in [0, 0.05) is 36.8 Å². The van der Waals surface area contributed by atoms with Crippen molar-refractivity contribution < 1.29 is 13.9 Å². The first-order valence-electron chi connectivity index (χ1n) is 8.90. The molecule has 0 bridgehead atoms. The van der Waals surface area contributed by atoms with Crippen LogP contribution in [0.3, 0.4) is 0 Å². The van der Waals surface area contributed by atoms with E-state index in [9.17, 15) is 0 Å². The van der Waals surface area contributed by atoms with Crippen LogP contribution in [0.5, 0.6) is 11.5 Å². The molecule has 4 rings (SSSR count). The predicted octanol–water partition coefficient (Wildman–Crippen LogP) is 3.82. The van der Waals surface area contributed by atoms with Crippen LogP contribution in [0.4, 0.5) is 5.95 Å². The molecule has 0 spiro atoms. The van der Waals surface area contributed by atoms with Gasteiger partial charge in [-0.05, 0) is 29.8 Å². The summed E-state index contributed by atoms with van der Waals surface area (Å²) in [6.07, 6.45) is 8.23. The zero-order chi connectivity index (χ0) is 20.1. The molecule has 0 radical (unpaired) electrons. The van der Waals surface area contributed by atoms with Gasteiger partial charge in [-0.1, -0.05) is 0 Å². The summed E-state index contributed by atoms with van der Waals surface area (Å²) in [5.41, 5.74) is 3.02. The van der Waals surface area contributed by atoms with E-state index in [0.717, 1.165) is 22.6 Å². The predicted molar refractivity (Wildman–Crippen MR) is 108 cm³/mol. The van der Waals surface area contributed by atoms with Gasteiger partial charge >= 0.3 is 0 Å². The number of nitrogens with one attached hydrogen (secondary N) is 1. The van der Waals surface area contributed by atoms with Gasteiger partial charge in [-0.3, -0.25) is 9.97 Å². The molecule has 0 aliphatic heterocycles. The number of methoxy groups -OCH3 is 2. The van der Waals surface area contributed by atoms with Gasteiger partial charge in [0.1, 0.15) is 17.2 Å². The standard InChI is InChI=1S/C21H19N5O3/c1-27-15-8-14(9-16(10-15)28-2)11-24-21-25-12-17(18-13-22-5-6-23-18)20(26-21)19-4-3-7-29-19/h3-10,12-13H,11H2,1-2H3,(H,24,25,26). The van der Waals surface area contributed by atoms with Crippen molar-refractivity contribution in [1.82, 2.24) is 19.9 Å². The molecule has 3 heterocycles. The van der Waals surface area contributed by atoms with Crippen LogP contribution in [-0.4, -0.2) is 34.2 Å². The lowest BCUT2D eigenvalue weighted by Crippen LogP contribution is -2.05. The van der Waals surface area contributed by atoms with Gasteiger partial charge in [0.25, 0.3) is 0 Å². The summed E-state index contributed by atoms with van der Waals surface area (Å²) in [5.74, 6) is 2.53. The maximum absolute atomic E-state index is 5.56. The van der Waals surface area contributed by atoms with E-state index < -0.39 is 0 Å². The molecule has 0 atom stereocenters. The van der Waals surface area contributed by atoms with Crippen LogP contribution >= 0.6 is 0 Å². The Balaban J connectivity index is 1.63. The molecular weight excluding hydrogens is 370 g/mol. The molecule has 146 valence electrons. The summed E-state index contributed by atoms with van der Waals surface area (Å²) in [6, 6.07) is 9.34. The third kappa shape index (κ3) is 4.16. The highest BCUT2D eigenvalue weighted by Crippen LogP contribution is 2.30. The summed E-state index contributed by atoms with van der Waals surface area (Å²) in [4.78, 5) is 17.6. The molecule has 4 aromatic rings. The highest BCUT2D eigenvalue weighted by atomic mass is 16.5. The van der Waals surface area contributed by atoms with Crippen molar-refractivity contribution >= 4 is 5.95 Å². The number of hydrogen-bond donors (Lipinski definition) is 1.